The van der Waals surface area contributed by atoms with Gasteiger partial charge in [0.1, 0.15) is 5.75 Å². The van der Waals surface area contributed by atoms with Gasteiger partial charge in [-0.15, -0.1) is 0 Å². The molecule has 3 nitrogen and oxygen atoms in total. The Morgan fingerprint density at radius 2 is 1.94 bits per heavy atom. The fourth-order valence-electron chi connectivity index (χ4n) is 2.06. The van der Waals surface area contributed by atoms with E-state index in [1.54, 1.807) is 7.11 Å². The van der Waals surface area contributed by atoms with Crippen molar-refractivity contribution in [1.29, 1.82) is 0 Å². The first-order chi connectivity index (χ1) is 8.27. The second-order valence-corrected chi connectivity index (χ2v) is 3.94. The van der Waals surface area contributed by atoms with Gasteiger partial charge in [0.15, 0.2) is 0 Å². The van der Waals surface area contributed by atoms with Crippen molar-refractivity contribution < 1.29 is 9.84 Å². The first kappa shape index (κ1) is 11.7. The molecule has 0 aliphatic rings. The number of rotatable bonds is 4. The second kappa shape index (κ2) is 5.06. The summed E-state index contributed by atoms with van der Waals surface area (Å²) in [5, 5.41) is 9.11. The SMILES string of the molecule is COc1ccccc1-c1ccc(C)n1CCO. The maximum atomic E-state index is 9.11. The Hall–Kier alpha value is -1.74. The van der Waals surface area contributed by atoms with Crippen LogP contribution in [0.1, 0.15) is 5.69 Å². The first-order valence-electron chi connectivity index (χ1n) is 5.68. The number of aromatic nitrogens is 1. The van der Waals surface area contributed by atoms with Crippen LogP contribution < -0.4 is 4.74 Å². The fraction of sp³-hybridized carbons (Fsp3) is 0.286. The van der Waals surface area contributed by atoms with Gasteiger partial charge in [-0.05, 0) is 31.2 Å². The Morgan fingerprint density at radius 3 is 2.65 bits per heavy atom. The van der Waals surface area contributed by atoms with Crippen molar-refractivity contribution in [2.45, 2.75) is 13.5 Å². The highest BCUT2D eigenvalue weighted by molar-refractivity contribution is 5.68. The molecule has 3 heteroatoms. The Bertz CT molecular complexity index is 503. The van der Waals surface area contributed by atoms with Crippen molar-refractivity contribution in [2.75, 3.05) is 13.7 Å². The molecular formula is C14H17NO2. The molecule has 0 bridgehead atoms. The van der Waals surface area contributed by atoms with Crippen LogP contribution in [0.3, 0.4) is 0 Å². The van der Waals surface area contributed by atoms with Gasteiger partial charge in [0.05, 0.1) is 19.4 Å². The molecule has 0 radical (unpaired) electrons. The molecule has 1 aromatic carbocycles. The lowest BCUT2D eigenvalue weighted by Gasteiger charge is -2.13. The lowest BCUT2D eigenvalue weighted by molar-refractivity contribution is 0.276. The van der Waals surface area contributed by atoms with E-state index in [4.69, 9.17) is 9.84 Å². The minimum absolute atomic E-state index is 0.137. The number of aliphatic hydroxyl groups excluding tert-OH is 1. The quantitative estimate of drug-likeness (QED) is 0.877. The predicted octanol–water partition coefficient (Wildman–Crippen LogP) is 2.46. The monoisotopic (exact) mass is 231 g/mol. The Labute approximate surface area is 101 Å². The summed E-state index contributed by atoms with van der Waals surface area (Å²) in [6, 6.07) is 12.0. The molecule has 17 heavy (non-hydrogen) atoms. The highest BCUT2D eigenvalue weighted by Crippen LogP contribution is 2.30. The summed E-state index contributed by atoms with van der Waals surface area (Å²) < 4.78 is 7.46. The standard InChI is InChI=1S/C14H17NO2/c1-11-7-8-13(15(11)9-10-16)12-5-3-4-6-14(12)17-2/h3-8,16H,9-10H2,1-2H3. The van der Waals surface area contributed by atoms with E-state index < -0.39 is 0 Å². The molecule has 90 valence electrons. The number of ether oxygens (including phenoxy) is 1. The van der Waals surface area contributed by atoms with Gasteiger partial charge in [0.2, 0.25) is 0 Å². The highest BCUT2D eigenvalue weighted by atomic mass is 16.5. The van der Waals surface area contributed by atoms with E-state index in [1.165, 1.54) is 0 Å². The molecule has 0 aliphatic heterocycles. The zero-order valence-electron chi connectivity index (χ0n) is 10.2. The molecule has 0 aliphatic carbocycles. The molecule has 0 unspecified atom stereocenters. The van der Waals surface area contributed by atoms with Crippen LogP contribution in [0.25, 0.3) is 11.3 Å². The number of hydrogen-bond acceptors (Lipinski definition) is 2. The Kier molecular flexibility index (Phi) is 3.49. The van der Waals surface area contributed by atoms with Crippen LogP contribution in [-0.4, -0.2) is 23.4 Å². The number of aliphatic hydroxyl groups is 1. The lowest BCUT2D eigenvalue weighted by atomic mass is 10.1. The molecule has 2 aromatic rings. The van der Waals surface area contributed by atoms with E-state index in [-0.39, 0.29) is 6.61 Å². The van der Waals surface area contributed by atoms with Crippen LogP contribution >= 0.6 is 0 Å². The summed E-state index contributed by atoms with van der Waals surface area (Å²) in [5.41, 5.74) is 3.27. The minimum Gasteiger partial charge on any atom is -0.496 e. The van der Waals surface area contributed by atoms with Crippen LogP contribution in [0, 0.1) is 6.92 Å². The van der Waals surface area contributed by atoms with Crippen molar-refractivity contribution in [1.82, 2.24) is 4.57 Å². The summed E-state index contributed by atoms with van der Waals surface area (Å²) in [7, 11) is 1.67. The molecule has 1 N–H and O–H groups in total. The van der Waals surface area contributed by atoms with Crippen LogP contribution in [0.2, 0.25) is 0 Å². The average molecular weight is 231 g/mol. The van der Waals surface area contributed by atoms with Gasteiger partial charge < -0.3 is 14.4 Å². The Morgan fingerprint density at radius 1 is 1.18 bits per heavy atom. The molecule has 0 fully saturated rings. The smallest absolute Gasteiger partial charge is 0.128 e. The zero-order chi connectivity index (χ0) is 12.3. The molecule has 0 atom stereocenters. The molecule has 0 spiro atoms. The first-order valence-corrected chi connectivity index (χ1v) is 5.68. The van der Waals surface area contributed by atoms with Gasteiger partial charge in [-0.3, -0.25) is 0 Å². The van der Waals surface area contributed by atoms with Crippen molar-refractivity contribution in [3.05, 3.63) is 42.1 Å². The molecule has 0 amide bonds. The maximum Gasteiger partial charge on any atom is 0.128 e. The third kappa shape index (κ3) is 2.19. The van der Waals surface area contributed by atoms with Crippen molar-refractivity contribution in [2.24, 2.45) is 0 Å². The summed E-state index contributed by atoms with van der Waals surface area (Å²) in [5.74, 6) is 0.852. The fourth-order valence-corrected chi connectivity index (χ4v) is 2.06. The zero-order valence-corrected chi connectivity index (χ0v) is 10.2. The van der Waals surface area contributed by atoms with Gasteiger partial charge in [-0.1, -0.05) is 12.1 Å². The van der Waals surface area contributed by atoms with E-state index in [1.807, 2.05) is 31.2 Å². The van der Waals surface area contributed by atoms with E-state index in [9.17, 15) is 0 Å². The van der Waals surface area contributed by atoms with Gasteiger partial charge in [0, 0.05) is 17.8 Å². The van der Waals surface area contributed by atoms with Crippen LogP contribution in [0.5, 0.6) is 5.75 Å². The van der Waals surface area contributed by atoms with Gasteiger partial charge in [0.25, 0.3) is 0 Å². The summed E-state index contributed by atoms with van der Waals surface area (Å²) in [4.78, 5) is 0. The highest BCUT2D eigenvalue weighted by Gasteiger charge is 2.10. The van der Waals surface area contributed by atoms with E-state index in [2.05, 4.69) is 16.7 Å². The molecule has 2 rings (SSSR count). The third-order valence-electron chi connectivity index (χ3n) is 2.91. The number of nitrogens with zero attached hydrogens (tertiary/aromatic N) is 1. The molecule has 1 aromatic heterocycles. The van der Waals surface area contributed by atoms with Crippen LogP contribution in [0.4, 0.5) is 0 Å². The number of methoxy groups -OCH3 is 1. The number of aryl methyl sites for hydroxylation is 1. The maximum absolute atomic E-state index is 9.11. The normalized spacial score (nSPS) is 10.5. The van der Waals surface area contributed by atoms with Crippen LogP contribution in [0.15, 0.2) is 36.4 Å². The third-order valence-corrected chi connectivity index (χ3v) is 2.91. The molecular weight excluding hydrogens is 214 g/mol. The van der Waals surface area contributed by atoms with Gasteiger partial charge in [-0.2, -0.15) is 0 Å². The van der Waals surface area contributed by atoms with Crippen molar-refractivity contribution in [3.63, 3.8) is 0 Å². The van der Waals surface area contributed by atoms with E-state index in [0.29, 0.717) is 6.54 Å². The summed E-state index contributed by atoms with van der Waals surface area (Å²) >= 11 is 0. The molecule has 0 saturated carbocycles. The van der Waals surface area contributed by atoms with Crippen molar-refractivity contribution >= 4 is 0 Å². The second-order valence-electron chi connectivity index (χ2n) is 3.94. The number of benzene rings is 1. The van der Waals surface area contributed by atoms with E-state index in [0.717, 1.165) is 22.7 Å². The van der Waals surface area contributed by atoms with Gasteiger partial charge >= 0.3 is 0 Å². The topological polar surface area (TPSA) is 34.4 Å². The minimum atomic E-state index is 0.137. The molecule has 0 saturated heterocycles. The average Bonchev–Trinajstić information content (AvgIpc) is 2.72. The predicted molar refractivity (Wildman–Crippen MR) is 68.2 cm³/mol. The van der Waals surface area contributed by atoms with E-state index >= 15 is 0 Å². The summed E-state index contributed by atoms with van der Waals surface area (Å²) in [6.45, 7) is 2.78. The lowest BCUT2D eigenvalue weighted by Crippen LogP contribution is -2.05. The Balaban J connectivity index is 2.52. The molecule has 1 heterocycles. The van der Waals surface area contributed by atoms with Gasteiger partial charge in [-0.25, -0.2) is 0 Å². The van der Waals surface area contributed by atoms with Crippen LogP contribution in [-0.2, 0) is 6.54 Å². The largest absolute Gasteiger partial charge is 0.496 e. The number of para-hydroxylation sites is 1. The number of hydrogen-bond donors (Lipinski definition) is 1. The summed E-state index contributed by atoms with van der Waals surface area (Å²) in [6.07, 6.45) is 0. The van der Waals surface area contributed by atoms with Crippen molar-refractivity contribution in [3.8, 4) is 17.0 Å².